The fraction of sp³-hybridized carbons (Fsp3) is 0.148. The second-order valence-corrected chi connectivity index (χ2v) is 12.2. The van der Waals surface area contributed by atoms with Crippen molar-refractivity contribution in [3.8, 4) is 5.75 Å². The minimum Gasteiger partial charge on any atom is -0.466 e. The summed E-state index contributed by atoms with van der Waals surface area (Å²) in [6.07, 6.45) is 0.519. The standard InChI is InChI=1S/C27H21Cl3N2O3S2/c1-17-7-11-20(12-8-17)23(33)31-25(27(28,29)30)35-21-13-9-18(10-14-21)15-22-24(34)32(26(36)37-22)16-19-5-3-2-4-6-19/h2-15,25H,16H2,1H3,(H,31,33)/b22-15-/t25-/m0/s1. The van der Waals surface area contributed by atoms with Crippen LogP contribution in [-0.2, 0) is 11.3 Å². The number of benzene rings is 3. The number of thiocarbonyl (C=S) groups is 1. The Labute approximate surface area is 239 Å². The molecule has 0 radical (unpaired) electrons. The molecule has 0 aromatic heterocycles. The third kappa shape index (κ3) is 7.27. The van der Waals surface area contributed by atoms with Gasteiger partial charge >= 0.3 is 0 Å². The normalized spacial score (nSPS) is 15.7. The zero-order valence-corrected chi connectivity index (χ0v) is 23.4. The molecule has 1 aliphatic rings. The van der Waals surface area contributed by atoms with Crippen LogP contribution in [0.5, 0.6) is 5.75 Å². The molecule has 1 fully saturated rings. The van der Waals surface area contributed by atoms with Gasteiger partial charge in [0.2, 0.25) is 10.0 Å². The Kier molecular flexibility index (Phi) is 8.82. The largest absolute Gasteiger partial charge is 0.466 e. The summed E-state index contributed by atoms with van der Waals surface area (Å²) in [6, 6.07) is 23.5. The van der Waals surface area contributed by atoms with Gasteiger partial charge in [-0.25, -0.2) is 0 Å². The average molecular weight is 592 g/mol. The van der Waals surface area contributed by atoms with Gasteiger partial charge in [-0.1, -0.05) is 119 Å². The van der Waals surface area contributed by atoms with Crippen molar-refractivity contribution in [2.75, 3.05) is 0 Å². The number of hydrogen-bond donors (Lipinski definition) is 1. The maximum absolute atomic E-state index is 12.9. The molecular weight excluding hydrogens is 571 g/mol. The fourth-order valence-corrected chi connectivity index (χ4v) is 4.97. The topological polar surface area (TPSA) is 58.6 Å². The van der Waals surface area contributed by atoms with Gasteiger partial charge in [-0.3, -0.25) is 14.5 Å². The van der Waals surface area contributed by atoms with E-state index in [1.54, 1.807) is 47.4 Å². The summed E-state index contributed by atoms with van der Waals surface area (Å²) in [7, 11) is 0. The number of amides is 2. The second-order valence-electron chi connectivity index (χ2n) is 8.20. The Bertz CT molecular complexity index is 1330. The summed E-state index contributed by atoms with van der Waals surface area (Å²) in [5.41, 5.74) is 3.19. The molecule has 2 amide bonds. The van der Waals surface area contributed by atoms with Crippen molar-refractivity contribution in [3.63, 3.8) is 0 Å². The van der Waals surface area contributed by atoms with Gasteiger partial charge in [0.1, 0.15) is 10.1 Å². The van der Waals surface area contributed by atoms with Gasteiger partial charge in [0.25, 0.3) is 11.8 Å². The highest BCUT2D eigenvalue weighted by molar-refractivity contribution is 8.26. The predicted molar refractivity (Wildman–Crippen MR) is 155 cm³/mol. The first-order chi connectivity index (χ1) is 17.6. The fourth-order valence-electron chi connectivity index (χ4n) is 3.42. The van der Waals surface area contributed by atoms with Crippen LogP contribution in [0.25, 0.3) is 6.08 Å². The zero-order chi connectivity index (χ0) is 26.6. The molecule has 0 spiro atoms. The lowest BCUT2D eigenvalue weighted by Gasteiger charge is -2.26. The van der Waals surface area contributed by atoms with Crippen molar-refractivity contribution in [2.45, 2.75) is 23.5 Å². The van der Waals surface area contributed by atoms with E-state index in [4.69, 9.17) is 51.8 Å². The Morgan fingerprint density at radius 3 is 2.32 bits per heavy atom. The number of carbonyl (C=O) groups is 2. The molecule has 5 nitrogen and oxygen atoms in total. The van der Waals surface area contributed by atoms with Crippen LogP contribution in [0.3, 0.4) is 0 Å². The van der Waals surface area contributed by atoms with Crippen LogP contribution in [0, 0.1) is 6.92 Å². The Balaban J connectivity index is 1.43. The Morgan fingerprint density at radius 2 is 1.70 bits per heavy atom. The SMILES string of the molecule is Cc1ccc(C(=O)N[C@@H](Oc2ccc(/C=C3\SC(=S)N(Cc4ccccc4)C3=O)cc2)C(Cl)(Cl)Cl)cc1. The predicted octanol–water partition coefficient (Wildman–Crippen LogP) is 6.90. The minimum atomic E-state index is -1.92. The zero-order valence-electron chi connectivity index (χ0n) is 19.5. The van der Waals surface area contributed by atoms with Crippen LogP contribution in [-0.4, -0.2) is 31.1 Å². The summed E-state index contributed by atoms with van der Waals surface area (Å²) < 4.78 is 4.38. The summed E-state index contributed by atoms with van der Waals surface area (Å²) in [6.45, 7) is 2.34. The molecule has 0 aliphatic carbocycles. The number of hydrogen-bond acceptors (Lipinski definition) is 5. The molecular formula is C27H21Cl3N2O3S2. The lowest BCUT2D eigenvalue weighted by atomic mass is 10.1. The van der Waals surface area contributed by atoms with Crippen LogP contribution in [0.15, 0.2) is 83.8 Å². The van der Waals surface area contributed by atoms with Crippen LogP contribution in [0.1, 0.15) is 27.0 Å². The van der Waals surface area contributed by atoms with Crippen LogP contribution < -0.4 is 10.1 Å². The molecule has 37 heavy (non-hydrogen) atoms. The molecule has 1 saturated heterocycles. The highest BCUT2D eigenvalue weighted by Crippen LogP contribution is 2.35. The minimum absolute atomic E-state index is 0.144. The number of rotatable bonds is 7. The van der Waals surface area contributed by atoms with E-state index in [0.717, 1.165) is 16.7 Å². The van der Waals surface area contributed by atoms with Crippen LogP contribution >= 0.6 is 58.8 Å². The number of nitrogens with zero attached hydrogens (tertiary/aromatic N) is 1. The van der Waals surface area contributed by atoms with Gasteiger partial charge in [-0.2, -0.15) is 0 Å². The maximum Gasteiger partial charge on any atom is 0.266 e. The van der Waals surface area contributed by atoms with Gasteiger partial charge in [-0.15, -0.1) is 0 Å². The van der Waals surface area contributed by atoms with Crippen molar-refractivity contribution in [1.82, 2.24) is 10.2 Å². The van der Waals surface area contributed by atoms with E-state index >= 15 is 0 Å². The lowest BCUT2D eigenvalue weighted by molar-refractivity contribution is -0.122. The Morgan fingerprint density at radius 1 is 1.05 bits per heavy atom. The number of thioether (sulfide) groups is 1. The van der Waals surface area contributed by atoms with E-state index in [1.807, 2.05) is 49.4 Å². The van der Waals surface area contributed by atoms with E-state index in [0.29, 0.717) is 27.1 Å². The number of aryl methyl sites for hydroxylation is 1. The van der Waals surface area contributed by atoms with Gasteiger partial charge < -0.3 is 10.1 Å². The third-order valence-electron chi connectivity index (χ3n) is 5.36. The smallest absolute Gasteiger partial charge is 0.266 e. The molecule has 4 rings (SSSR count). The first-order valence-corrected chi connectivity index (χ1v) is 13.5. The molecule has 0 bridgehead atoms. The first-order valence-electron chi connectivity index (χ1n) is 11.1. The van der Waals surface area contributed by atoms with E-state index in [2.05, 4.69) is 5.32 Å². The molecule has 10 heteroatoms. The van der Waals surface area contributed by atoms with Crippen molar-refractivity contribution in [2.24, 2.45) is 0 Å². The maximum atomic E-state index is 12.9. The summed E-state index contributed by atoms with van der Waals surface area (Å²) in [4.78, 5) is 27.7. The van der Waals surface area contributed by atoms with Crippen molar-refractivity contribution >= 4 is 81.0 Å². The molecule has 1 heterocycles. The molecule has 0 saturated carbocycles. The number of carbonyl (C=O) groups excluding carboxylic acids is 2. The molecule has 3 aromatic carbocycles. The molecule has 1 N–H and O–H groups in total. The van der Waals surface area contributed by atoms with Crippen LogP contribution in [0.2, 0.25) is 0 Å². The lowest BCUT2D eigenvalue weighted by Crippen LogP contribution is -2.47. The highest BCUT2D eigenvalue weighted by Gasteiger charge is 2.36. The van der Waals surface area contributed by atoms with Gasteiger partial charge in [0.15, 0.2) is 0 Å². The first kappa shape index (κ1) is 27.5. The van der Waals surface area contributed by atoms with Gasteiger partial charge in [0.05, 0.1) is 11.4 Å². The monoisotopic (exact) mass is 590 g/mol. The number of nitrogens with one attached hydrogen (secondary N) is 1. The van der Waals surface area contributed by atoms with Crippen molar-refractivity contribution < 1.29 is 14.3 Å². The van der Waals surface area contributed by atoms with Gasteiger partial charge in [0, 0.05) is 5.56 Å². The van der Waals surface area contributed by atoms with E-state index in [9.17, 15) is 9.59 Å². The molecule has 190 valence electrons. The number of ether oxygens (including phenoxy) is 1. The summed E-state index contributed by atoms with van der Waals surface area (Å²) >= 11 is 24.9. The number of alkyl halides is 3. The van der Waals surface area contributed by atoms with E-state index in [-0.39, 0.29) is 5.91 Å². The summed E-state index contributed by atoms with van der Waals surface area (Å²) in [5.74, 6) is -0.214. The van der Waals surface area contributed by atoms with E-state index < -0.39 is 15.9 Å². The molecule has 0 unspecified atom stereocenters. The van der Waals surface area contributed by atoms with E-state index in [1.165, 1.54) is 11.8 Å². The van der Waals surface area contributed by atoms with Gasteiger partial charge in [-0.05, 0) is 48.4 Å². The molecule has 1 aliphatic heterocycles. The highest BCUT2D eigenvalue weighted by atomic mass is 35.6. The third-order valence-corrected chi connectivity index (χ3v) is 7.33. The second kappa shape index (κ2) is 11.9. The Hall–Kier alpha value is -2.55. The van der Waals surface area contributed by atoms with Crippen LogP contribution in [0.4, 0.5) is 0 Å². The number of halogens is 3. The van der Waals surface area contributed by atoms with Crippen molar-refractivity contribution in [3.05, 3.63) is 106 Å². The average Bonchev–Trinajstić information content (AvgIpc) is 3.12. The quantitative estimate of drug-likeness (QED) is 0.140. The molecule has 1 atom stereocenters. The summed E-state index contributed by atoms with van der Waals surface area (Å²) in [5, 5.41) is 2.61. The van der Waals surface area contributed by atoms with Crippen molar-refractivity contribution in [1.29, 1.82) is 0 Å². The molecule has 3 aromatic rings.